The van der Waals surface area contributed by atoms with Crippen molar-refractivity contribution in [2.45, 2.75) is 18.0 Å². The van der Waals surface area contributed by atoms with Gasteiger partial charge in [-0.3, -0.25) is 24.1 Å². The number of amides is 3. The van der Waals surface area contributed by atoms with Gasteiger partial charge in [0.2, 0.25) is 0 Å². The summed E-state index contributed by atoms with van der Waals surface area (Å²) in [5.41, 5.74) is 2.89. The second-order valence-electron chi connectivity index (χ2n) is 7.61. The third-order valence-electron chi connectivity index (χ3n) is 5.38. The zero-order chi connectivity index (χ0) is 24.2. The number of nitrogens with zero attached hydrogens (tertiary/aromatic N) is 3. The molecule has 9 nitrogen and oxygen atoms in total. The summed E-state index contributed by atoms with van der Waals surface area (Å²) >= 11 is 1.24. The number of ether oxygens (including phenoxy) is 1. The van der Waals surface area contributed by atoms with Crippen molar-refractivity contribution in [3.8, 4) is 5.75 Å². The van der Waals surface area contributed by atoms with E-state index in [9.17, 15) is 19.7 Å². The van der Waals surface area contributed by atoms with Crippen LogP contribution < -0.4 is 15.0 Å². The van der Waals surface area contributed by atoms with Crippen LogP contribution in [-0.4, -0.2) is 35.3 Å². The smallest absolute Gasteiger partial charge is 0.334 e. The first-order valence-electron chi connectivity index (χ1n) is 10.4. The second kappa shape index (κ2) is 9.84. The van der Waals surface area contributed by atoms with E-state index in [1.807, 2.05) is 24.3 Å². The zero-order valence-corrected chi connectivity index (χ0v) is 19.4. The van der Waals surface area contributed by atoms with Crippen LogP contribution in [0.1, 0.15) is 21.5 Å². The summed E-state index contributed by atoms with van der Waals surface area (Å²) in [6, 6.07) is 18.5. The van der Waals surface area contributed by atoms with Crippen LogP contribution in [0.25, 0.3) is 0 Å². The lowest BCUT2D eigenvalue weighted by molar-refractivity contribution is -0.384. The number of methoxy groups -OCH3 is 1. The zero-order valence-electron chi connectivity index (χ0n) is 18.6. The maximum Gasteiger partial charge on any atom is 0.334 e. The van der Waals surface area contributed by atoms with Crippen LogP contribution in [0.15, 0.2) is 71.6 Å². The molecule has 0 bridgehead atoms. The molecule has 0 radical (unpaired) electrons. The molecule has 0 atom stereocenters. The fourth-order valence-corrected chi connectivity index (χ4v) is 4.58. The van der Waals surface area contributed by atoms with Crippen LogP contribution in [0.3, 0.4) is 0 Å². The molecule has 3 amide bonds. The first-order chi connectivity index (χ1) is 16.4. The predicted molar refractivity (Wildman–Crippen MR) is 129 cm³/mol. The van der Waals surface area contributed by atoms with E-state index < -0.39 is 4.92 Å². The Morgan fingerprint density at radius 1 is 1.06 bits per heavy atom. The third kappa shape index (κ3) is 4.96. The quantitative estimate of drug-likeness (QED) is 0.302. The van der Waals surface area contributed by atoms with Crippen LogP contribution in [0.2, 0.25) is 0 Å². The number of carbonyl (C=O) groups excluding carboxylic acids is 2. The fourth-order valence-electron chi connectivity index (χ4n) is 3.45. The van der Waals surface area contributed by atoms with Crippen molar-refractivity contribution >= 4 is 35.3 Å². The van der Waals surface area contributed by atoms with Crippen LogP contribution in [0.4, 0.5) is 16.2 Å². The Labute approximate surface area is 200 Å². The van der Waals surface area contributed by atoms with Gasteiger partial charge in [-0.15, -0.1) is 0 Å². The molecule has 0 aromatic heterocycles. The third-order valence-corrected chi connectivity index (χ3v) is 6.41. The summed E-state index contributed by atoms with van der Waals surface area (Å²) in [5, 5.41) is 13.8. The number of urea groups is 1. The van der Waals surface area contributed by atoms with E-state index in [0.29, 0.717) is 17.8 Å². The van der Waals surface area contributed by atoms with Crippen molar-refractivity contribution in [2.24, 2.45) is 0 Å². The van der Waals surface area contributed by atoms with E-state index in [0.717, 1.165) is 21.8 Å². The number of nitro groups is 1. The Hall–Kier alpha value is -4.05. The lowest BCUT2D eigenvalue weighted by Crippen LogP contribution is -2.40. The standard InChI is InChI=1S/C24H22N4O5S/c1-26-21-12-7-18(23(29)25-14-16-5-10-20(33-2)11-6-16)13-22(21)34-27(24(26)30)15-17-3-8-19(9-4-17)28(31)32/h3-13H,14-15H2,1-2H3,(H,25,29). The summed E-state index contributed by atoms with van der Waals surface area (Å²) < 4.78 is 6.70. The Bertz CT molecular complexity index is 1230. The van der Waals surface area contributed by atoms with E-state index in [1.54, 1.807) is 48.8 Å². The van der Waals surface area contributed by atoms with Crippen molar-refractivity contribution in [1.29, 1.82) is 0 Å². The largest absolute Gasteiger partial charge is 0.497 e. The molecule has 4 rings (SSSR count). The highest BCUT2D eigenvalue weighted by atomic mass is 32.2. The van der Waals surface area contributed by atoms with Gasteiger partial charge in [-0.1, -0.05) is 24.3 Å². The van der Waals surface area contributed by atoms with E-state index in [-0.39, 0.29) is 24.2 Å². The number of anilines is 1. The number of benzene rings is 3. The number of nitrogens with one attached hydrogen (secondary N) is 1. The summed E-state index contributed by atoms with van der Waals surface area (Å²) in [6.45, 7) is 0.636. The molecule has 0 spiro atoms. The number of fused-ring (bicyclic) bond motifs is 1. The van der Waals surface area contributed by atoms with Gasteiger partial charge < -0.3 is 10.1 Å². The topological polar surface area (TPSA) is 105 Å². The van der Waals surface area contributed by atoms with Gasteiger partial charge in [0.25, 0.3) is 11.6 Å². The monoisotopic (exact) mass is 478 g/mol. The van der Waals surface area contributed by atoms with E-state index in [4.69, 9.17) is 4.74 Å². The minimum absolute atomic E-state index is 0.00543. The van der Waals surface area contributed by atoms with E-state index in [1.165, 1.54) is 29.0 Å². The lowest BCUT2D eigenvalue weighted by Gasteiger charge is -2.34. The fraction of sp³-hybridized carbons (Fsp3) is 0.167. The first-order valence-corrected chi connectivity index (χ1v) is 11.1. The predicted octanol–water partition coefficient (Wildman–Crippen LogP) is 4.61. The molecule has 10 heteroatoms. The van der Waals surface area contributed by atoms with Gasteiger partial charge in [0, 0.05) is 31.3 Å². The highest BCUT2D eigenvalue weighted by Gasteiger charge is 2.29. The normalized spacial score (nSPS) is 12.8. The highest BCUT2D eigenvalue weighted by Crippen LogP contribution is 2.39. The van der Waals surface area contributed by atoms with Gasteiger partial charge in [0.1, 0.15) is 5.75 Å². The Morgan fingerprint density at radius 2 is 1.74 bits per heavy atom. The van der Waals surface area contributed by atoms with Crippen molar-refractivity contribution in [3.63, 3.8) is 0 Å². The second-order valence-corrected chi connectivity index (χ2v) is 8.67. The number of carbonyl (C=O) groups is 2. The highest BCUT2D eigenvalue weighted by molar-refractivity contribution is 7.97. The molecule has 34 heavy (non-hydrogen) atoms. The van der Waals surface area contributed by atoms with E-state index >= 15 is 0 Å². The molecule has 0 unspecified atom stereocenters. The summed E-state index contributed by atoms with van der Waals surface area (Å²) in [6.07, 6.45) is 0. The molecule has 0 saturated carbocycles. The minimum atomic E-state index is -0.462. The Balaban J connectivity index is 1.46. The average molecular weight is 479 g/mol. The molecule has 3 aromatic rings. The molecule has 1 heterocycles. The molecular weight excluding hydrogens is 456 g/mol. The van der Waals surface area contributed by atoms with Gasteiger partial charge in [-0.25, -0.2) is 4.79 Å². The van der Waals surface area contributed by atoms with Crippen molar-refractivity contribution in [1.82, 2.24) is 9.62 Å². The SMILES string of the molecule is COc1ccc(CNC(=O)c2ccc3c(c2)SN(Cc2ccc([N+](=O)[O-])cc2)C(=O)N3C)cc1. The molecule has 0 saturated heterocycles. The summed E-state index contributed by atoms with van der Waals surface area (Å²) in [7, 11) is 3.27. The molecule has 3 aromatic carbocycles. The van der Waals surface area contributed by atoms with E-state index in [2.05, 4.69) is 5.32 Å². The maximum atomic E-state index is 12.8. The van der Waals surface area contributed by atoms with Crippen LogP contribution in [0, 0.1) is 10.1 Å². The lowest BCUT2D eigenvalue weighted by atomic mass is 10.1. The molecular formula is C24H22N4O5S. The number of non-ortho nitro benzene ring substituents is 1. The first kappa shape index (κ1) is 23.1. The van der Waals surface area contributed by atoms with Crippen LogP contribution >= 0.6 is 11.9 Å². The maximum absolute atomic E-state index is 12.8. The van der Waals surface area contributed by atoms with Crippen molar-refractivity contribution in [3.05, 3.63) is 93.5 Å². The number of rotatable bonds is 7. The Kier molecular flexibility index (Phi) is 6.69. The van der Waals surface area contributed by atoms with Crippen molar-refractivity contribution < 1.29 is 19.2 Å². The van der Waals surface area contributed by atoms with Crippen LogP contribution in [0.5, 0.6) is 5.75 Å². The van der Waals surface area contributed by atoms with Gasteiger partial charge in [-0.2, -0.15) is 0 Å². The van der Waals surface area contributed by atoms with Crippen molar-refractivity contribution in [2.75, 3.05) is 19.1 Å². The minimum Gasteiger partial charge on any atom is -0.497 e. The molecule has 1 aliphatic rings. The number of nitro benzene ring substituents is 1. The summed E-state index contributed by atoms with van der Waals surface area (Å²) in [4.78, 5) is 38.3. The molecule has 0 fully saturated rings. The number of hydrogen-bond acceptors (Lipinski definition) is 6. The molecule has 1 aliphatic heterocycles. The Morgan fingerprint density at radius 3 is 2.38 bits per heavy atom. The summed E-state index contributed by atoms with van der Waals surface area (Å²) in [5.74, 6) is 0.527. The number of hydrogen-bond donors (Lipinski definition) is 1. The average Bonchev–Trinajstić information content (AvgIpc) is 2.86. The molecule has 0 aliphatic carbocycles. The molecule has 174 valence electrons. The van der Waals surface area contributed by atoms with Gasteiger partial charge in [0.05, 0.1) is 29.2 Å². The van der Waals surface area contributed by atoms with Gasteiger partial charge >= 0.3 is 6.03 Å². The van der Waals surface area contributed by atoms with Crippen LogP contribution in [-0.2, 0) is 13.1 Å². The van der Waals surface area contributed by atoms with Gasteiger partial charge in [-0.05, 0) is 53.4 Å². The van der Waals surface area contributed by atoms with Gasteiger partial charge in [0.15, 0.2) is 0 Å². The molecule has 1 N–H and O–H groups in total.